The van der Waals surface area contributed by atoms with Gasteiger partial charge >= 0.3 is 0 Å². The van der Waals surface area contributed by atoms with Crippen molar-refractivity contribution in [2.24, 2.45) is 5.92 Å². The van der Waals surface area contributed by atoms with Gasteiger partial charge in [-0.2, -0.15) is 0 Å². The Balaban J connectivity index is 1.45. The molecule has 1 aromatic heterocycles. The summed E-state index contributed by atoms with van der Waals surface area (Å²) in [5, 5.41) is 13.9. The summed E-state index contributed by atoms with van der Waals surface area (Å²) in [5.41, 5.74) is 1.76. The van der Waals surface area contributed by atoms with Crippen LogP contribution in [0.2, 0.25) is 0 Å². The Morgan fingerprint density at radius 2 is 1.90 bits per heavy atom. The fraction of sp³-hybridized carbons (Fsp3) is 0.444. The lowest BCUT2D eigenvalue weighted by Gasteiger charge is -2.29. The van der Waals surface area contributed by atoms with Crippen LogP contribution in [0, 0.1) is 12.8 Å². The molecule has 0 spiro atoms. The minimum Gasteiger partial charge on any atom is -0.325 e. The fourth-order valence-electron chi connectivity index (χ4n) is 3.00. The van der Waals surface area contributed by atoms with E-state index in [1.54, 1.807) is 0 Å². The fourth-order valence-corrected chi connectivity index (χ4v) is 5.43. The van der Waals surface area contributed by atoms with Crippen LogP contribution < -0.4 is 10.6 Å². The van der Waals surface area contributed by atoms with Crippen molar-refractivity contribution >= 4 is 55.8 Å². The van der Waals surface area contributed by atoms with Gasteiger partial charge in [-0.05, 0) is 31.4 Å². The molecule has 1 aliphatic heterocycles. The number of anilines is 2. The van der Waals surface area contributed by atoms with Crippen molar-refractivity contribution in [2.45, 2.75) is 24.1 Å². The van der Waals surface area contributed by atoms with Crippen LogP contribution in [-0.2, 0) is 19.6 Å². The molecule has 12 heteroatoms. The minimum atomic E-state index is -3.22. The number of carbonyl (C=O) groups excluding carboxylic acids is 2. The van der Waals surface area contributed by atoms with Gasteiger partial charge in [-0.15, -0.1) is 10.2 Å². The van der Waals surface area contributed by atoms with Crippen LogP contribution >= 0.6 is 23.1 Å². The van der Waals surface area contributed by atoms with E-state index in [4.69, 9.17) is 0 Å². The third-order valence-electron chi connectivity index (χ3n) is 4.68. The topological polar surface area (TPSA) is 121 Å². The van der Waals surface area contributed by atoms with E-state index in [0.29, 0.717) is 35.4 Å². The Morgan fingerprint density at radius 1 is 1.20 bits per heavy atom. The van der Waals surface area contributed by atoms with Gasteiger partial charge in [0.05, 0.1) is 12.0 Å². The summed E-state index contributed by atoms with van der Waals surface area (Å²) in [6.45, 7) is 2.60. The summed E-state index contributed by atoms with van der Waals surface area (Å²) in [6, 6.07) is 7.54. The van der Waals surface area contributed by atoms with Crippen LogP contribution in [0.1, 0.15) is 18.4 Å². The van der Waals surface area contributed by atoms with E-state index in [2.05, 4.69) is 20.8 Å². The number of sulfonamides is 1. The molecule has 0 unspecified atom stereocenters. The highest BCUT2D eigenvalue weighted by atomic mass is 32.2. The van der Waals surface area contributed by atoms with Crippen molar-refractivity contribution in [3.8, 4) is 0 Å². The second kappa shape index (κ2) is 9.86. The first-order valence-corrected chi connectivity index (χ1v) is 12.9. The van der Waals surface area contributed by atoms with Gasteiger partial charge in [0.1, 0.15) is 0 Å². The van der Waals surface area contributed by atoms with Crippen molar-refractivity contribution in [3.63, 3.8) is 0 Å². The standard InChI is InChI=1S/C18H23N5O4S3/c1-12-5-3-4-6-14(12)19-15(24)11-28-18-22-21-17(29-18)20-16(25)13-7-9-23(10-8-13)30(2,26)27/h3-6,13H,7-11H2,1-2H3,(H,19,24)(H,20,21,25). The molecule has 2 aromatic rings. The third-order valence-corrected chi connectivity index (χ3v) is 7.95. The van der Waals surface area contributed by atoms with E-state index in [0.717, 1.165) is 11.3 Å². The van der Waals surface area contributed by atoms with Crippen molar-refractivity contribution in [3.05, 3.63) is 29.8 Å². The van der Waals surface area contributed by atoms with Crippen LogP contribution in [0.5, 0.6) is 0 Å². The number of amides is 2. The molecule has 162 valence electrons. The van der Waals surface area contributed by atoms with Crippen molar-refractivity contribution in [1.29, 1.82) is 0 Å². The highest BCUT2D eigenvalue weighted by molar-refractivity contribution is 8.01. The number of hydrogen-bond donors (Lipinski definition) is 2. The van der Waals surface area contributed by atoms with E-state index in [1.807, 2.05) is 31.2 Å². The lowest BCUT2D eigenvalue weighted by molar-refractivity contribution is -0.121. The highest BCUT2D eigenvalue weighted by Gasteiger charge is 2.29. The average molecular weight is 470 g/mol. The second-order valence-corrected chi connectivity index (χ2v) is 11.1. The second-order valence-electron chi connectivity index (χ2n) is 6.95. The first kappa shape index (κ1) is 22.7. The molecule has 2 amide bonds. The van der Waals surface area contributed by atoms with Gasteiger partial charge in [-0.25, -0.2) is 12.7 Å². The number of nitrogens with zero attached hydrogens (tertiary/aromatic N) is 3. The maximum atomic E-state index is 12.4. The predicted octanol–water partition coefficient (Wildman–Crippen LogP) is 2.19. The maximum Gasteiger partial charge on any atom is 0.234 e. The van der Waals surface area contributed by atoms with Gasteiger partial charge in [0, 0.05) is 24.7 Å². The van der Waals surface area contributed by atoms with E-state index in [9.17, 15) is 18.0 Å². The van der Waals surface area contributed by atoms with E-state index in [-0.39, 0.29) is 23.5 Å². The number of aromatic nitrogens is 2. The van der Waals surface area contributed by atoms with Crippen LogP contribution in [0.3, 0.4) is 0 Å². The first-order chi connectivity index (χ1) is 14.2. The number of benzene rings is 1. The van der Waals surface area contributed by atoms with Crippen LogP contribution in [0.4, 0.5) is 10.8 Å². The van der Waals surface area contributed by atoms with Gasteiger partial charge in [-0.3, -0.25) is 9.59 Å². The van der Waals surface area contributed by atoms with Gasteiger partial charge < -0.3 is 10.6 Å². The van der Waals surface area contributed by atoms with Gasteiger partial charge in [0.15, 0.2) is 4.34 Å². The highest BCUT2D eigenvalue weighted by Crippen LogP contribution is 2.27. The molecular formula is C18H23N5O4S3. The smallest absolute Gasteiger partial charge is 0.234 e. The zero-order valence-corrected chi connectivity index (χ0v) is 19.1. The number of para-hydroxylation sites is 1. The van der Waals surface area contributed by atoms with Crippen molar-refractivity contribution in [1.82, 2.24) is 14.5 Å². The van der Waals surface area contributed by atoms with Crippen LogP contribution in [0.15, 0.2) is 28.6 Å². The molecule has 1 aliphatic rings. The number of nitrogens with one attached hydrogen (secondary N) is 2. The minimum absolute atomic E-state index is 0.146. The van der Waals surface area contributed by atoms with Crippen molar-refractivity contribution < 1.29 is 18.0 Å². The number of aryl methyl sites for hydroxylation is 1. The predicted molar refractivity (Wildman–Crippen MR) is 118 cm³/mol. The van der Waals surface area contributed by atoms with Crippen LogP contribution in [-0.4, -0.2) is 59.8 Å². The zero-order valence-electron chi connectivity index (χ0n) is 16.6. The van der Waals surface area contributed by atoms with E-state index in [1.165, 1.54) is 33.7 Å². The zero-order chi connectivity index (χ0) is 21.7. The Bertz CT molecular complexity index is 1020. The molecule has 1 aromatic carbocycles. The summed E-state index contributed by atoms with van der Waals surface area (Å²) in [5.74, 6) is -0.412. The molecule has 2 N–H and O–H groups in total. The Morgan fingerprint density at radius 3 is 2.57 bits per heavy atom. The largest absolute Gasteiger partial charge is 0.325 e. The molecule has 0 saturated carbocycles. The lowest BCUT2D eigenvalue weighted by Crippen LogP contribution is -2.40. The lowest BCUT2D eigenvalue weighted by atomic mass is 9.97. The SMILES string of the molecule is Cc1ccccc1NC(=O)CSc1nnc(NC(=O)C2CCN(S(C)(=O)=O)CC2)s1. The molecule has 0 aliphatic carbocycles. The number of rotatable bonds is 7. The number of thioether (sulfide) groups is 1. The molecule has 1 fully saturated rings. The maximum absolute atomic E-state index is 12.4. The number of hydrogen-bond acceptors (Lipinski definition) is 8. The van der Waals surface area contributed by atoms with Gasteiger partial charge in [-0.1, -0.05) is 41.3 Å². The van der Waals surface area contributed by atoms with Crippen LogP contribution in [0.25, 0.3) is 0 Å². The monoisotopic (exact) mass is 469 g/mol. The van der Waals surface area contributed by atoms with E-state index < -0.39 is 10.0 Å². The van der Waals surface area contributed by atoms with Gasteiger partial charge in [0.2, 0.25) is 27.0 Å². The number of piperidine rings is 1. The molecule has 0 atom stereocenters. The summed E-state index contributed by atoms with van der Waals surface area (Å²) >= 11 is 2.45. The van der Waals surface area contributed by atoms with Gasteiger partial charge in [0.25, 0.3) is 0 Å². The molecule has 3 rings (SSSR count). The van der Waals surface area contributed by atoms with E-state index >= 15 is 0 Å². The Kier molecular flexibility index (Phi) is 7.45. The summed E-state index contributed by atoms with van der Waals surface area (Å²) in [7, 11) is -3.22. The van der Waals surface area contributed by atoms with Crippen molar-refractivity contribution in [2.75, 3.05) is 35.7 Å². The molecular weight excluding hydrogens is 446 g/mol. The molecule has 0 radical (unpaired) electrons. The molecule has 1 saturated heterocycles. The molecule has 2 heterocycles. The summed E-state index contributed by atoms with van der Waals surface area (Å²) in [6.07, 6.45) is 2.12. The molecule has 9 nitrogen and oxygen atoms in total. The first-order valence-electron chi connectivity index (χ1n) is 9.30. The third kappa shape index (κ3) is 6.24. The quantitative estimate of drug-likeness (QED) is 0.471. The molecule has 30 heavy (non-hydrogen) atoms. The Hall–Kier alpha value is -2.02. The number of carbonyl (C=O) groups is 2. The summed E-state index contributed by atoms with van der Waals surface area (Å²) < 4.78 is 25.1. The average Bonchev–Trinajstić information content (AvgIpc) is 3.15. The molecule has 0 bridgehead atoms. The summed E-state index contributed by atoms with van der Waals surface area (Å²) in [4.78, 5) is 24.6. The Labute approximate surface area is 183 Å². The normalized spacial score (nSPS) is 15.7.